The second-order valence-electron chi connectivity index (χ2n) is 3.94. The largest absolute Gasteiger partial charge is 0.302 e. The van der Waals surface area contributed by atoms with Crippen LogP contribution in [0.25, 0.3) is 12.2 Å². The first-order valence-electron chi connectivity index (χ1n) is 5.70. The molecular weight excluding hydrogens is 278 g/mol. The second-order valence-corrected chi connectivity index (χ2v) is 4.80. The Balaban J connectivity index is 2.07. The van der Waals surface area contributed by atoms with E-state index in [9.17, 15) is 14.9 Å². The predicted molar refractivity (Wildman–Crippen MR) is 78.4 cm³/mol. The number of hydrogen-bond acceptors (Lipinski definition) is 5. The zero-order chi connectivity index (χ0) is 14.5. The van der Waals surface area contributed by atoms with Crippen LogP contribution in [0, 0.1) is 10.1 Å². The van der Waals surface area contributed by atoms with E-state index in [1.807, 2.05) is 5.38 Å². The van der Waals surface area contributed by atoms with Crippen molar-refractivity contribution in [3.63, 3.8) is 0 Å². The number of non-ortho nitro benzene ring substituents is 1. The second kappa shape index (κ2) is 6.07. The quantitative estimate of drug-likeness (QED) is 0.692. The molecule has 1 aromatic heterocycles. The third-order valence-electron chi connectivity index (χ3n) is 2.36. The Labute approximate surface area is 118 Å². The monoisotopic (exact) mass is 289 g/mol. The molecule has 0 atom stereocenters. The van der Waals surface area contributed by atoms with Gasteiger partial charge in [0.2, 0.25) is 5.91 Å². The highest BCUT2D eigenvalue weighted by Gasteiger charge is 2.03. The van der Waals surface area contributed by atoms with Crippen molar-refractivity contribution in [2.45, 2.75) is 6.92 Å². The summed E-state index contributed by atoms with van der Waals surface area (Å²) in [5.41, 5.74) is 1.62. The van der Waals surface area contributed by atoms with Gasteiger partial charge in [-0.2, -0.15) is 0 Å². The molecule has 0 spiro atoms. The number of nitrogens with one attached hydrogen (secondary N) is 1. The molecule has 2 aromatic rings. The molecular formula is C13H11N3O3S. The first-order chi connectivity index (χ1) is 9.54. The molecule has 0 aliphatic carbocycles. The molecule has 1 aromatic carbocycles. The lowest BCUT2D eigenvalue weighted by molar-refractivity contribution is -0.384. The van der Waals surface area contributed by atoms with Crippen molar-refractivity contribution in [1.82, 2.24) is 4.98 Å². The maximum atomic E-state index is 10.9. The van der Waals surface area contributed by atoms with Gasteiger partial charge in [0.15, 0.2) is 5.13 Å². The number of nitro groups is 1. The van der Waals surface area contributed by atoms with E-state index in [0.29, 0.717) is 5.13 Å². The van der Waals surface area contributed by atoms with Crippen LogP contribution >= 0.6 is 11.3 Å². The summed E-state index contributed by atoms with van der Waals surface area (Å²) in [5, 5.41) is 15.5. The van der Waals surface area contributed by atoms with Crippen molar-refractivity contribution < 1.29 is 9.72 Å². The highest BCUT2D eigenvalue weighted by atomic mass is 32.1. The van der Waals surface area contributed by atoms with Crippen LogP contribution in [0.15, 0.2) is 29.6 Å². The van der Waals surface area contributed by atoms with Gasteiger partial charge in [-0.05, 0) is 23.8 Å². The average molecular weight is 289 g/mol. The van der Waals surface area contributed by atoms with E-state index in [1.165, 1.54) is 30.4 Å². The van der Waals surface area contributed by atoms with Crippen molar-refractivity contribution in [2.75, 3.05) is 5.32 Å². The number of anilines is 1. The van der Waals surface area contributed by atoms with Crippen LogP contribution in [0.1, 0.15) is 18.2 Å². The smallest absolute Gasteiger partial charge is 0.269 e. The maximum absolute atomic E-state index is 10.9. The number of hydrogen-bond donors (Lipinski definition) is 1. The minimum Gasteiger partial charge on any atom is -0.302 e. The topological polar surface area (TPSA) is 85.1 Å². The Bertz CT molecular complexity index is 662. The van der Waals surface area contributed by atoms with Crippen LogP contribution in [0.3, 0.4) is 0 Å². The summed E-state index contributed by atoms with van der Waals surface area (Å²) in [6.45, 7) is 1.42. The molecule has 1 heterocycles. The molecule has 102 valence electrons. The summed E-state index contributed by atoms with van der Waals surface area (Å²) in [5.74, 6) is -0.162. The van der Waals surface area contributed by atoms with Gasteiger partial charge >= 0.3 is 0 Å². The Morgan fingerprint density at radius 2 is 2.05 bits per heavy atom. The lowest BCUT2D eigenvalue weighted by Crippen LogP contribution is -2.04. The third kappa shape index (κ3) is 3.72. The van der Waals surface area contributed by atoms with Gasteiger partial charge in [-0.1, -0.05) is 6.08 Å². The SMILES string of the molecule is CC(=O)Nc1nc(/C=C/c2ccc([N+](=O)[O-])cc2)cs1. The first-order valence-corrected chi connectivity index (χ1v) is 6.58. The molecule has 0 aliphatic rings. The summed E-state index contributed by atoms with van der Waals surface area (Å²) in [6, 6.07) is 6.22. The van der Waals surface area contributed by atoms with E-state index in [4.69, 9.17) is 0 Å². The van der Waals surface area contributed by atoms with Gasteiger partial charge in [0.1, 0.15) is 0 Å². The van der Waals surface area contributed by atoms with Crippen molar-refractivity contribution in [3.05, 3.63) is 51.0 Å². The van der Waals surface area contributed by atoms with Crippen molar-refractivity contribution in [3.8, 4) is 0 Å². The van der Waals surface area contributed by atoms with Gasteiger partial charge in [0, 0.05) is 24.4 Å². The Morgan fingerprint density at radius 3 is 2.65 bits per heavy atom. The van der Waals surface area contributed by atoms with Crippen LogP contribution in [0.4, 0.5) is 10.8 Å². The van der Waals surface area contributed by atoms with E-state index in [1.54, 1.807) is 24.3 Å². The Kier molecular flexibility index (Phi) is 4.21. The van der Waals surface area contributed by atoms with E-state index >= 15 is 0 Å². The number of aromatic nitrogens is 1. The standard InChI is InChI=1S/C13H11N3O3S/c1-9(17)14-13-15-11(8-20-13)5-2-10-3-6-12(7-4-10)16(18)19/h2-8H,1H3,(H,14,15,17)/b5-2+. The summed E-state index contributed by atoms with van der Waals surface area (Å²) in [6.07, 6.45) is 3.58. The fourth-order valence-electron chi connectivity index (χ4n) is 1.46. The number of amides is 1. The van der Waals surface area contributed by atoms with Gasteiger partial charge in [0.05, 0.1) is 10.6 Å². The molecule has 0 aliphatic heterocycles. The van der Waals surface area contributed by atoms with Crippen LogP contribution in [0.5, 0.6) is 0 Å². The summed E-state index contributed by atoms with van der Waals surface area (Å²) in [7, 11) is 0. The number of benzene rings is 1. The lowest BCUT2D eigenvalue weighted by Gasteiger charge is -1.93. The minimum atomic E-state index is -0.437. The first kappa shape index (κ1) is 13.9. The van der Waals surface area contributed by atoms with E-state index < -0.39 is 4.92 Å². The number of nitro benzene ring substituents is 1. The van der Waals surface area contributed by atoms with Crippen molar-refractivity contribution >= 4 is 40.2 Å². The molecule has 0 bridgehead atoms. The number of carbonyl (C=O) groups excluding carboxylic acids is 1. The number of rotatable bonds is 4. The highest BCUT2D eigenvalue weighted by molar-refractivity contribution is 7.14. The van der Waals surface area contributed by atoms with Gasteiger partial charge in [-0.3, -0.25) is 14.9 Å². The van der Waals surface area contributed by atoms with E-state index in [-0.39, 0.29) is 11.6 Å². The van der Waals surface area contributed by atoms with Crippen LogP contribution in [-0.4, -0.2) is 15.8 Å². The molecule has 0 saturated heterocycles. The molecule has 20 heavy (non-hydrogen) atoms. The van der Waals surface area contributed by atoms with Gasteiger partial charge in [-0.15, -0.1) is 11.3 Å². The minimum absolute atomic E-state index is 0.0590. The fraction of sp³-hybridized carbons (Fsp3) is 0.0769. The number of thiazole rings is 1. The fourth-order valence-corrected chi connectivity index (χ4v) is 2.18. The summed E-state index contributed by atoms with van der Waals surface area (Å²) < 4.78 is 0. The van der Waals surface area contributed by atoms with Crippen molar-refractivity contribution in [1.29, 1.82) is 0 Å². The summed E-state index contributed by atoms with van der Waals surface area (Å²) >= 11 is 1.34. The lowest BCUT2D eigenvalue weighted by atomic mass is 10.2. The van der Waals surface area contributed by atoms with Crippen LogP contribution in [0.2, 0.25) is 0 Å². The van der Waals surface area contributed by atoms with Crippen molar-refractivity contribution in [2.24, 2.45) is 0 Å². The molecule has 0 unspecified atom stereocenters. The zero-order valence-corrected chi connectivity index (χ0v) is 11.4. The average Bonchev–Trinajstić information content (AvgIpc) is 2.83. The molecule has 0 fully saturated rings. The Hall–Kier alpha value is -2.54. The molecule has 6 nitrogen and oxygen atoms in total. The third-order valence-corrected chi connectivity index (χ3v) is 3.13. The zero-order valence-electron chi connectivity index (χ0n) is 10.6. The van der Waals surface area contributed by atoms with E-state index in [0.717, 1.165) is 11.3 Å². The predicted octanol–water partition coefficient (Wildman–Crippen LogP) is 3.18. The molecule has 0 radical (unpaired) electrons. The van der Waals surface area contributed by atoms with Gasteiger partial charge in [0.25, 0.3) is 5.69 Å². The molecule has 1 amide bonds. The highest BCUT2D eigenvalue weighted by Crippen LogP contribution is 2.18. The number of nitrogens with zero attached hydrogens (tertiary/aromatic N) is 2. The van der Waals surface area contributed by atoms with Gasteiger partial charge in [-0.25, -0.2) is 4.98 Å². The van der Waals surface area contributed by atoms with Gasteiger partial charge < -0.3 is 5.32 Å². The molecule has 2 rings (SSSR count). The van der Waals surface area contributed by atoms with Crippen LogP contribution in [-0.2, 0) is 4.79 Å². The van der Waals surface area contributed by atoms with Crippen LogP contribution < -0.4 is 5.32 Å². The molecule has 1 N–H and O–H groups in total. The molecule has 0 saturated carbocycles. The number of carbonyl (C=O) groups is 1. The Morgan fingerprint density at radius 1 is 1.35 bits per heavy atom. The summed E-state index contributed by atoms with van der Waals surface area (Å²) in [4.78, 5) is 25.2. The molecule has 7 heteroatoms. The normalized spacial score (nSPS) is 10.7. The maximum Gasteiger partial charge on any atom is 0.269 e. The van der Waals surface area contributed by atoms with E-state index in [2.05, 4.69) is 10.3 Å².